The van der Waals surface area contributed by atoms with Crippen molar-refractivity contribution >= 4 is 6.34 Å². The summed E-state index contributed by atoms with van der Waals surface area (Å²) in [5, 5.41) is 12.8. The Morgan fingerprint density at radius 2 is 2.08 bits per heavy atom. The summed E-state index contributed by atoms with van der Waals surface area (Å²) in [6, 6.07) is 9.89. The SMILES string of the molecule is CC1(c2ccccc2)NC=[NH+]C1O. The lowest BCUT2D eigenvalue weighted by Crippen LogP contribution is -2.76. The number of benzene rings is 1. The van der Waals surface area contributed by atoms with Crippen LogP contribution in [0, 0.1) is 0 Å². The van der Waals surface area contributed by atoms with E-state index in [0.717, 1.165) is 5.56 Å². The lowest BCUT2D eigenvalue weighted by atomic mass is 9.91. The first-order chi connectivity index (χ1) is 6.23. The summed E-state index contributed by atoms with van der Waals surface area (Å²) >= 11 is 0. The lowest BCUT2D eigenvalue weighted by molar-refractivity contribution is -0.553. The van der Waals surface area contributed by atoms with Crippen LogP contribution in [-0.2, 0) is 5.54 Å². The highest BCUT2D eigenvalue weighted by molar-refractivity contribution is 5.52. The topological polar surface area (TPSA) is 46.2 Å². The van der Waals surface area contributed by atoms with E-state index in [0.29, 0.717) is 0 Å². The van der Waals surface area contributed by atoms with Crippen LogP contribution in [0.25, 0.3) is 0 Å². The van der Waals surface area contributed by atoms with Gasteiger partial charge in [-0.05, 0) is 6.92 Å². The smallest absolute Gasteiger partial charge is 0.240 e. The molecule has 2 atom stereocenters. The summed E-state index contributed by atoms with van der Waals surface area (Å²) in [4.78, 5) is 2.83. The summed E-state index contributed by atoms with van der Waals surface area (Å²) in [6.07, 6.45) is 1.10. The standard InChI is InChI=1S/C10H12N2O/c1-10(9(13)11-7-12-10)8-5-3-2-4-6-8/h2-7,9,13H,1H3,(H,11,12)/p+1. The van der Waals surface area contributed by atoms with Crippen molar-refractivity contribution < 1.29 is 10.1 Å². The molecule has 0 radical (unpaired) electrons. The molecule has 1 aromatic carbocycles. The highest BCUT2D eigenvalue weighted by Crippen LogP contribution is 2.21. The minimum Gasteiger partial charge on any atom is -0.352 e. The molecule has 0 aromatic heterocycles. The zero-order chi connectivity index (χ0) is 9.31. The van der Waals surface area contributed by atoms with E-state index < -0.39 is 11.8 Å². The van der Waals surface area contributed by atoms with Gasteiger partial charge in [0.2, 0.25) is 12.6 Å². The van der Waals surface area contributed by atoms with Crippen molar-refractivity contribution in [3.63, 3.8) is 0 Å². The van der Waals surface area contributed by atoms with Gasteiger partial charge in [-0.25, -0.2) is 0 Å². The van der Waals surface area contributed by atoms with Gasteiger partial charge < -0.3 is 5.11 Å². The van der Waals surface area contributed by atoms with Crippen LogP contribution in [0.4, 0.5) is 0 Å². The predicted molar refractivity (Wildman–Crippen MR) is 50.0 cm³/mol. The number of hydrogen-bond donors (Lipinski definition) is 3. The Balaban J connectivity index is 2.36. The minimum absolute atomic E-state index is 0.415. The predicted octanol–water partition coefficient (Wildman–Crippen LogP) is -1.07. The summed E-state index contributed by atoms with van der Waals surface area (Å²) in [5.74, 6) is 0. The van der Waals surface area contributed by atoms with Gasteiger partial charge in [-0.2, -0.15) is 0 Å². The Labute approximate surface area is 77.1 Å². The first-order valence-electron chi connectivity index (χ1n) is 4.32. The molecule has 0 saturated heterocycles. The zero-order valence-electron chi connectivity index (χ0n) is 7.49. The van der Waals surface area contributed by atoms with E-state index in [-0.39, 0.29) is 0 Å². The molecule has 0 aliphatic carbocycles. The van der Waals surface area contributed by atoms with Crippen molar-refractivity contribution in [3.05, 3.63) is 35.9 Å². The maximum Gasteiger partial charge on any atom is 0.240 e. The fourth-order valence-electron chi connectivity index (χ4n) is 1.54. The second-order valence-corrected chi connectivity index (χ2v) is 3.43. The van der Waals surface area contributed by atoms with Gasteiger partial charge in [0, 0.05) is 5.56 Å². The fourth-order valence-corrected chi connectivity index (χ4v) is 1.54. The molecule has 1 aromatic rings. The third-order valence-electron chi connectivity index (χ3n) is 2.53. The van der Waals surface area contributed by atoms with Crippen molar-refractivity contribution in [2.24, 2.45) is 0 Å². The highest BCUT2D eigenvalue weighted by atomic mass is 16.3. The number of rotatable bonds is 1. The van der Waals surface area contributed by atoms with E-state index >= 15 is 0 Å². The molecule has 0 fully saturated rings. The van der Waals surface area contributed by atoms with Crippen LogP contribution >= 0.6 is 0 Å². The van der Waals surface area contributed by atoms with E-state index in [2.05, 4.69) is 10.3 Å². The van der Waals surface area contributed by atoms with Crippen LogP contribution in [0.5, 0.6) is 0 Å². The monoisotopic (exact) mass is 177 g/mol. The van der Waals surface area contributed by atoms with Gasteiger partial charge in [0.1, 0.15) is 0 Å². The molecular formula is C10H13N2O+. The van der Waals surface area contributed by atoms with Gasteiger partial charge in [-0.1, -0.05) is 30.3 Å². The van der Waals surface area contributed by atoms with Crippen LogP contribution in [0.15, 0.2) is 30.3 Å². The summed E-state index contributed by atoms with van der Waals surface area (Å²) in [6.45, 7) is 1.96. The molecule has 1 aliphatic heterocycles. The maximum absolute atomic E-state index is 9.70. The van der Waals surface area contributed by atoms with Crippen molar-refractivity contribution in [2.45, 2.75) is 18.7 Å². The van der Waals surface area contributed by atoms with Crippen LogP contribution in [0.1, 0.15) is 12.5 Å². The second-order valence-electron chi connectivity index (χ2n) is 3.43. The Kier molecular flexibility index (Phi) is 1.81. The molecule has 13 heavy (non-hydrogen) atoms. The Bertz CT molecular complexity index is 323. The summed E-state index contributed by atoms with van der Waals surface area (Å²) in [5.41, 5.74) is 0.658. The molecule has 3 heteroatoms. The van der Waals surface area contributed by atoms with Crippen molar-refractivity contribution in [3.8, 4) is 0 Å². The highest BCUT2D eigenvalue weighted by Gasteiger charge is 2.43. The summed E-state index contributed by atoms with van der Waals surface area (Å²) < 4.78 is 0. The third-order valence-corrected chi connectivity index (χ3v) is 2.53. The zero-order valence-corrected chi connectivity index (χ0v) is 7.49. The van der Waals surface area contributed by atoms with E-state index in [1.165, 1.54) is 0 Å². The lowest BCUT2D eigenvalue weighted by Gasteiger charge is -2.21. The molecule has 1 heterocycles. The number of aliphatic hydroxyl groups is 1. The van der Waals surface area contributed by atoms with E-state index in [1.54, 1.807) is 6.34 Å². The third kappa shape index (κ3) is 1.21. The average Bonchev–Trinajstić information content (AvgIpc) is 2.50. The molecule has 1 aliphatic rings. The van der Waals surface area contributed by atoms with E-state index in [1.807, 2.05) is 37.3 Å². The molecule has 68 valence electrons. The van der Waals surface area contributed by atoms with Crippen LogP contribution in [0.2, 0.25) is 0 Å². The first-order valence-corrected chi connectivity index (χ1v) is 4.32. The van der Waals surface area contributed by atoms with Gasteiger partial charge in [0.05, 0.1) is 0 Å². The maximum atomic E-state index is 9.70. The number of aliphatic hydroxyl groups excluding tert-OH is 1. The molecule has 0 amide bonds. The number of hydrogen-bond acceptors (Lipinski definition) is 2. The summed E-state index contributed by atoms with van der Waals surface area (Å²) in [7, 11) is 0. The van der Waals surface area contributed by atoms with Crippen LogP contribution in [0.3, 0.4) is 0 Å². The van der Waals surface area contributed by atoms with Crippen molar-refractivity contribution in [1.29, 1.82) is 0 Å². The van der Waals surface area contributed by atoms with Gasteiger partial charge in [0.25, 0.3) is 0 Å². The number of nitrogens with one attached hydrogen (secondary N) is 2. The average molecular weight is 177 g/mol. The molecular weight excluding hydrogens is 164 g/mol. The molecule has 3 N–H and O–H groups in total. The van der Waals surface area contributed by atoms with Gasteiger partial charge in [-0.15, -0.1) is 0 Å². The minimum atomic E-state index is -0.574. The van der Waals surface area contributed by atoms with E-state index in [9.17, 15) is 5.11 Å². The normalized spacial score (nSPS) is 31.7. The quantitative estimate of drug-likeness (QED) is 0.511. The van der Waals surface area contributed by atoms with Crippen molar-refractivity contribution in [2.75, 3.05) is 0 Å². The van der Waals surface area contributed by atoms with Crippen LogP contribution in [-0.4, -0.2) is 17.7 Å². The fraction of sp³-hybridized carbons (Fsp3) is 0.300. The van der Waals surface area contributed by atoms with Crippen LogP contribution < -0.4 is 10.3 Å². The Morgan fingerprint density at radius 3 is 2.62 bits per heavy atom. The molecule has 3 nitrogen and oxygen atoms in total. The van der Waals surface area contributed by atoms with Gasteiger partial charge >= 0.3 is 0 Å². The largest absolute Gasteiger partial charge is 0.352 e. The van der Waals surface area contributed by atoms with E-state index in [4.69, 9.17) is 0 Å². The Hall–Kier alpha value is -1.35. The second kappa shape index (κ2) is 2.85. The van der Waals surface area contributed by atoms with Crippen molar-refractivity contribution in [1.82, 2.24) is 5.32 Å². The molecule has 2 unspecified atom stereocenters. The Morgan fingerprint density at radius 1 is 1.38 bits per heavy atom. The van der Waals surface area contributed by atoms with Gasteiger partial charge in [-0.3, -0.25) is 10.3 Å². The van der Waals surface area contributed by atoms with Gasteiger partial charge in [0.15, 0.2) is 5.54 Å². The molecule has 0 saturated carbocycles. The molecule has 2 rings (SSSR count). The first kappa shape index (κ1) is 8.26. The molecule has 0 spiro atoms. The molecule has 0 bridgehead atoms.